The van der Waals surface area contributed by atoms with Crippen molar-refractivity contribution in [2.24, 2.45) is 17.2 Å². The molecule has 0 radical (unpaired) electrons. The minimum absolute atomic E-state index is 0.0341. The molecule has 2 aliphatic rings. The number of ether oxygens (including phenoxy) is 3. The number of alkyl halides is 1. The number of benzene rings is 3. The summed E-state index contributed by atoms with van der Waals surface area (Å²) in [6.07, 6.45) is 1.58. The second-order valence-electron chi connectivity index (χ2n) is 16.7. The number of aromatic amines is 1. The van der Waals surface area contributed by atoms with Gasteiger partial charge in [0.15, 0.2) is 5.75 Å². The summed E-state index contributed by atoms with van der Waals surface area (Å²) in [5.41, 5.74) is 21.7. The largest absolute Gasteiger partial charge is 0.492 e. The van der Waals surface area contributed by atoms with Crippen molar-refractivity contribution in [3.8, 4) is 11.5 Å². The smallest absolute Gasteiger partial charge is 0.415 e. The quantitative estimate of drug-likeness (QED) is 0.0669. The molecular formula is C46H56ClN9O8S. The predicted octanol–water partition coefficient (Wildman–Crippen LogP) is 5.71. The second kappa shape index (κ2) is 20.9. The first-order valence-corrected chi connectivity index (χ1v) is 23.0. The third kappa shape index (κ3) is 11.1. The molecule has 4 heterocycles. The summed E-state index contributed by atoms with van der Waals surface area (Å²) < 4.78 is 18.4. The lowest BCUT2D eigenvalue weighted by Gasteiger charge is -2.22. The molecule has 8 N–H and O–H groups in total. The summed E-state index contributed by atoms with van der Waals surface area (Å²) in [6, 6.07) is 14.3. The fourth-order valence-electron chi connectivity index (χ4n) is 8.02. The average Bonchev–Trinajstić information content (AvgIpc) is 4.13. The molecule has 0 aliphatic carbocycles. The predicted molar refractivity (Wildman–Crippen MR) is 252 cm³/mol. The van der Waals surface area contributed by atoms with Gasteiger partial charge in [-0.05, 0) is 104 Å². The van der Waals surface area contributed by atoms with Gasteiger partial charge in [-0.1, -0.05) is 12.1 Å². The Labute approximate surface area is 386 Å². The van der Waals surface area contributed by atoms with Crippen LogP contribution < -0.4 is 36.9 Å². The molecule has 3 aromatic carbocycles. The number of primary amides is 1. The number of hydrogen-bond donors (Lipinski definition) is 5. The van der Waals surface area contributed by atoms with Crippen LogP contribution in [0.15, 0.2) is 60.0 Å². The fraction of sp³-hybridized carbons (Fsp3) is 0.413. The Kier molecular flexibility index (Phi) is 15.2. The molecule has 0 bridgehead atoms. The maximum atomic E-state index is 14.3. The molecule has 5 amide bonds. The maximum Gasteiger partial charge on any atom is 0.415 e. The van der Waals surface area contributed by atoms with Gasteiger partial charge in [-0.15, -0.1) is 22.9 Å². The number of thiophene rings is 1. The normalized spacial score (nSPS) is 15.7. The zero-order valence-electron chi connectivity index (χ0n) is 36.8. The third-order valence-electron chi connectivity index (χ3n) is 11.9. The van der Waals surface area contributed by atoms with Crippen molar-refractivity contribution in [2.45, 2.75) is 57.2 Å². The number of fused-ring (bicyclic) bond motifs is 4. The number of halogens is 1. The first-order chi connectivity index (χ1) is 31.2. The SMILES string of the molecule is Cc1csc2c(OC(=O)N(C)CCN(C)C(=O)OCc3ccc(NC(=O)[C@@H](N)CCC(N)C(N)=O)cc3)cc3c(c12)[C@H](CCl)CN3C(=O)c1cc2cc(OCCN3CCCC3)ccc2[nH]1. The standard InChI is InChI=1S/C46H56ClN9O8S/c1-27-26-65-41-38(64-46(61)54(3)17-16-53(2)45(60)63-25-28-6-8-31(9-7-28)51-43(58)34(49)12-11-33(48)42(50)57)22-37-40(39(27)41)30(23-47)24-56(37)44(59)36-21-29-20-32(10-13-35(29)52-36)62-19-18-55-14-4-5-15-55/h6-10,13,20-22,26,30,33-34,52H,4-5,11-12,14-19,23-25,48-49H2,1-3H3,(H2,50,57)(H,51,58)/t30-,33?,34+/m1/s1. The van der Waals surface area contributed by atoms with Crippen molar-refractivity contribution in [1.82, 2.24) is 19.7 Å². The summed E-state index contributed by atoms with van der Waals surface area (Å²) in [5.74, 6) is -0.110. The molecule has 1 fully saturated rings. The highest BCUT2D eigenvalue weighted by Crippen LogP contribution is 2.49. The third-order valence-corrected chi connectivity index (χ3v) is 13.4. The summed E-state index contributed by atoms with van der Waals surface area (Å²) in [5, 5.41) is 6.48. The van der Waals surface area contributed by atoms with Crippen LogP contribution in [0.25, 0.3) is 21.0 Å². The van der Waals surface area contributed by atoms with Gasteiger partial charge in [-0.25, -0.2) is 9.59 Å². The fourth-order valence-corrected chi connectivity index (χ4v) is 9.29. The van der Waals surface area contributed by atoms with E-state index >= 15 is 0 Å². The number of aryl methyl sites for hydroxylation is 1. The molecule has 0 saturated carbocycles. The van der Waals surface area contributed by atoms with Crippen molar-refractivity contribution in [1.29, 1.82) is 0 Å². The highest BCUT2D eigenvalue weighted by Gasteiger charge is 2.37. The van der Waals surface area contributed by atoms with Gasteiger partial charge in [0.1, 0.15) is 24.7 Å². The lowest BCUT2D eigenvalue weighted by atomic mass is 9.97. The van der Waals surface area contributed by atoms with Crippen LogP contribution in [0.3, 0.4) is 0 Å². The second-order valence-corrected chi connectivity index (χ2v) is 17.9. The van der Waals surface area contributed by atoms with Crippen LogP contribution in [-0.4, -0.2) is 128 Å². The molecule has 1 saturated heterocycles. The maximum absolute atomic E-state index is 14.3. The molecule has 0 spiro atoms. The molecule has 3 atom stereocenters. The van der Waals surface area contributed by atoms with Gasteiger partial charge in [-0.3, -0.25) is 19.3 Å². The van der Waals surface area contributed by atoms with E-state index in [-0.39, 0.29) is 44.4 Å². The van der Waals surface area contributed by atoms with E-state index in [0.717, 1.165) is 57.5 Å². The minimum atomic E-state index is -0.882. The molecule has 346 valence electrons. The zero-order chi connectivity index (χ0) is 46.4. The van der Waals surface area contributed by atoms with E-state index in [9.17, 15) is 24.0 Å². The van der Waals surface area contributed by atoms with Crippen LogP contribution in [0.2, 0.25) is 0 Å². The molecule has 17 nitrogen and oxygen atoms in total. The van der Waals surface area contributed by atoms with Gasteiger partial charge in [0.2, 0.25) is 11.8 Å². The van der Waals surface area contributed by atoms with Crippen molar-refractivity contribution in [3.63, 3.8) is 0 Å². The number of hydrogen-bond acceptors (Lipinski definition) is 12. The highest BCUT2D eigenvalue weighted by molar-refractivity contribution is 7.17. The monoisotopic (exact) mass is 929 g/mol. The Morgan fingerprint density at radius 2 is 1.66 bits per heavy atom. The van der Waals surface area contributed by atoms with E-state index in [1.165, 1.54) is 34.0 Å². The molecule has 5 aromatic rings. The molecule has 19 heteroatoms. The number of nitrogens with zero attached hydrogens (tertiary/aromatic N) is 4. The van der Waals surface area contributed by atoms with Crippen molar-refractivity contribution in [3.05, 3.63) is 82.4 Å². The number of likely N-dealkylation sites (tertiary alicyclic amines) is 1. The number of likely N-dealkylation sites (N-methyl/N-ethyl adjacent to an activating group) is 2. The van der Waals surface area contributed by atoms with E-state index in [1.54, 1.807) is 49.3 Å². The van der Waals surface area contributed by atoms with Crippen LogP contribution in [-0.2, 0) is 20.9 Å². The number of anilines is 2. The van der Waals surface area contributed by atoms with Crippen LogP contribution in [0, 0.1) is 6.92 Å². The van der Waals surface area contributed by atoms with Crippen LogP contribution in [0.4, 0.5) is 21.0 Å². The molecule has 1 unspecified atom stereocenters. The van der Waals surface area contributed by atoms with Crippen LogP contribution in [0.5, 0.6) is 11.5 Å². The van der Waals surface area contributed by atoms with Gasteiger partial charge in [0.05, 0.1) is 22.5 Å². The summed E-state index contributed by atoms with van der Waals surface area (Å²) in [7, 11) is 3.14. The van der Waals surface area contributed by atoms with Gasteiger partial charge >= 0.3 is 12.2 Å². The summed E-state index contributed by atoms with van der Waals surface area (Å²) in [6.45, 7) is 6.30. The van der Waals surface area contributed by atoms with Crippen molar-refractivity contribution < 1.29 is 38.2 Å². The number of carbonyl (C=O) groups excluding carboxylic acids is 5. The van der Waals surface area contributed by atoms with Gasteiger partial charge < -0.3 is 56.4 Å². The Morgan fingerprint density at radius 3 is 2.37 bits per heavy atom. The van der Waals surface area contributed by atoms with Gasteiger partial charge in [0.25, 0.3) is 5.91 Å². The molecule has 2 aromatic heterocycles. The van der Waals surface area contributed by atoms with Crippen LogP contribution >= 0.6 is 22.9 Å². The Bertz CT molecular complexity index is 2540. The molecule has 65 heavy (non-hydrogen) atoms. The Hall–Kier alpha value is -5.92. The van der Waals surface area contributed by atoms with E-state index < -0.39 is 36.1 Å². The first kappa shape index (κ1) is 47.1. The van der Waals surface area contributed by atoms with Crippen molar-refractivity contribution in [2.75, 3.05) is 76.1 Å². The lowest BCUT2D eigenvalue weighted by Crippen LogP contribution is -2.40. The number of carbonyl (C=O) groups is 5. The number of rotatable bonds is 18. The van der Waals surface area contributed by atoms with Gasteiger partial charge in [-0.2, -0.15) is 0 Å². The minimum Gasteiger partial charge on any atom is -0.492 e. The summed E-state index contributed by atoms with van der Waals surface area (Å²) in [4.78, 5) is 74.5. The topological polar surface area (TPSA) is 232 Å². The Morgan fingerprint density at radius 1 is 0.954 bits per heavy atom. The Balaban J connectivity index is 0.942. The van der Waals surface area contributed by atoms with E-state index in [0.29, 0.717) is 47.4 Å². The van der Waals surface area contributed by atoms with Gasteiger partial charge in [0, 0.05) is 80.1 Å². The number of nitrogens with one attached hydrogen (secondary N) is 2. The average molecular weight is 931 g/mol. The van der Waals surface area contributed by atoms with Crippen LogP contribution in [0.1, 0.15) is 58.8 Å². The number of amides is 5. The van der Waals surface area contributed by atoms with E-state index in [2.05, 4.69) is 15.2 Å². The number of H-pyrrole nitrogens is 1. The van der Waals surface area contributed by atoms with E-state index in [1.807, 2.05) is 36.6 Å². The highest BCUT2D eigenvalue weighted by atomic mass is 35.5. The molecular weight excluding hydrogens is 874 g/mol. The lowest BCUT2D eigenvalue weighted by molar-refractivity contribution is -0.120. The summed E-state index contributed by atoms with van der Waals surface area (Å²) >= 11 is 8.03. The van der Waals surface area contributed by atoms with E-state index in [4.69, 9.17) is 43.0 Å². The zero-order valence-corrected chi connectivity index (χ0v) is 38.3. The first-order valence-electron chi connectivity index (χ1n) is 21.6. The number of nitrogens with two attached hydrogens (primary N) is 3. The number of aromatic nitrogens is 1. The van der Waals surface area contributed by atoms with Crippen molar-refractivity contribution >= 4 is 85.2 Å². The molecule has 7 rings (SSSR count). The molecule has 2 aliphatic heterocycles.